The second-order valence-corrected chi connectivity index (χ2v) is 6.89. The zero-order valence-electron chi connectivity index (χ0n) is 14.6. The molecule has 0 radical (unpaired) electrons. The van der Waals surface area contributed by atoms with Gasteiger partial charge in [-0.2, -0.15) is 0 Å². The average molecular weight is 354 g/mol. The summed E-state index contributed by atoms with van der Waals surface area (Å²) in [7, 11) is 0. The first-order valence-corrected chi connectivity index (χ1v) is 9.45. The molecule has 0 fully saturated rings. The summed E-state index contributed by atoms with van der Waals surface area (Å²) >= 11 is 1.62. The number of benzene rings is 2. The van der Waals surface area contributed by atoms with Crippen molar-refractivity contribution in [1.82, 2.24) is 9.55 Å². The molecule has 2 aromatic carbocycles. The number of rotatable bonds is 8. The lowest BCUT2D eigenvalue weighted by molar-refractivity contribution is -0.119. The molecule has 1 aromatic heterocycles. The number of carbonyl (C=O) groups excluding carboxylic acids is 1. The Morgan fingerprint density at radius 1 is 1.16 bits per heavy atom. The fraction of sp³-hybridized carbons (Fsp3) is 0.300. The molecule has 0 amide bonds. The standard InChI is InChI=1S/C20H22N2O2S/c1-3-16(23)14-22-18-10-6-5-9-17(18)21-20(22)25-13-12-24-19-11-7-4-8-15(19)2/h4-11H,3,12-14H2,1-2H3. The zero-order chi connectivity index (χ0) is 17.6. The predicted molar refractivity (Wildman–Crippen MR) is 102 cm³/mol. The van der Waals surface area contributed by atoms with Crippen molar-refractivity contribution in [2.24, 2.45) is 0 Å². The first kappa shape index (κ1) is 17.5. The summed E-state index contributed by atoms with van der Waals surface area (Å²) in [5.41, 5.74) is 3.06. The van der Waals surface area contributed by atoms with E-state index in [9.17, 15) is 4.79 Å². The van der Waals surface area contributed by atoms with Crippen molar-refractivity contribution in [1.29, 1.82) is 0 Å². The normalized spacial score (nSPS) is 11.0. The van der Waals surface area contributed by atoms with E-state index in [-0.39, 0.29) is 5.78 Å². The third-order valence-corrected chi connectivity index (χ3v) is 4.95. The lowest BCUT2D eigenvalue weighted by Crippen LogP contribution is -2.10. The Labute approximate surface area is 152 Å². The third-order valence-electron chi connectivity index (χ3n) is 4.01. The molecule has 3 aromatic rings. The number of hydrogen-bond donors (Lipinski definition) is 0. The second kappa shape index (κ2) is 8.21. The highest BCUT2D eigenvalue weighted by Gasteiger charge is 2.13. The second-order valence-electron chi connectivity index (χ2n) is 5.82. The van der Waals surface area contributed by atoms with Crippen LogP contribution in [0.3, 0.4) is 0 Å². The Bertz CT molecular complexity index is 873. The van der Waals surface area contributed by atoms with Gasteiger partial charge in [0.15, 0.2) is 10.9 Å². The fourth-order valence-electron chi connectivity index (χ4n) is 2.61. The summed E-state index contributed by atoms with van der Waals surface area (Å²) in [5.74, 6) is 1.90. The summed E-state index contributed by atoms with van der Waals surface area (Å²) in [5, 5.41) is 0.872. The molecular formula is C20H22N2O2S. The van der Waals surface area contributed by atoms with Gasteiger partial charge in [-0.1, -0.05) is 49.0 Å². The van der Waals surface area contributed by atoms with E-state index in [1.807, 2.05) is 66.9 Å². The molecule has 0 atom stereocenters. The van der Waals surface area contributed by atoms with Crippen molar-refractivity contribution in [3.05, 3.63) is 54.1 Å². The number of para-hydroxylation sites is 3. The minimum atomic E-state index is 0.209. The first-order valence-electron chi connectivity index (χ1n) is 8.47. The minimum Gasteiger partial charge on any atom is -0.492 e. The Hall–Kier alpha value is -2.27. The van der Waals surface area contributed by atoms with Gasteiger partial charge in [-0.15, -0.1) is 0 Å². The Balaban J connectivity index is 1.69. The summed E-state index contributed by atoms with van der Waals surface area (Å²) in [4.78, 5) is 16.6. The van der Waals surface area contributed by atoms with Crippen LogP contribution in [0, 0.1) is 6.92 Å². The van der Waals surface area contributed by atoms with Crippen LogP contribution in [0.4, 0.5) is 0 Å². The molecule has 25 heavy (non-hydrogen) atoms. The molecule has 0 aliphatic heterocycles. The van der Waals surface area contributed by atoms with E-state index in [2.05, 4.69) is 4.98 Å². The topological polar surface area (TPSA) is 44.1 Å². The number of aryl methyl sites for hydroxylation is 1. The number of Topliss-reactive ketones (excluding diaryl/α,β-unsaturated/α-hetero) is 1. The van der Waals surface area contributed by atoms with Crippen molar-refractivity contribution >= 4 is 28.6 Å². The lowest BCUT2D eigenvalue weighted by atomic mass is 10.2. The first-order chi connectivity index (χ1) is 12.2. The van der Waals surface area contributed by atoms with Crippen molar-refractivity contribution in [2.75, 3.05) is 12.4 Å². The molecule has 0 N–H and O–H groups in total. The molecule has 1 heterocycles. The van der Waals surface area contributed by atoms with Crippen LogP contribution in [0.15, 0.2) is 53.7 Å². The van der Waals surface area contributed by atoms with Crippen LogP contribution in [-0.4, -0.2) is 27.7 Å². The predicted octanol–water partition coefficient (Wildman–Crippen LogP) is 4.49. The average Bonchev–Trinajstić information content (AvgIpc) is 2.97. The number of nitrogens with zero attached hydrogens (tertiary/aromatic N) is 2. The van der Waals surface area contributed by atoms with Gasteiger partial charge < -0.3 is 9.30 Å². The molecular weight excluding hydrogens is 332 g/mol. The van der Waals surface area contributed by atoms with Gasteiger partial charge in [0, 0.05) is 12.2 Å². The van der Waals surface area contributed by atoms with Gasteiger partial charge in [-0.3, -0.25) is 4.79 Å². The third kappa shape index (κ3) is 4.23. The molecule has 0 aliphatic rings. The maximum Gasteiger partial charge on any atom is 0.169 e. The highest BCUT2D eigenvalue weighted by Crippen LogP contribution is 2.24. The highest BCUT2D eigenvalue weighted by atomic mass is 32.2. The number of fused-ring (bicyclic) bond motifs is 1. The van der Waals surface area contributed by atoms with Crippen LogP contribution in [0.1, 0.15) is 18.9 Å². The van der Waals surface area contributed by atoms with Gasteiger partial charge in [0.25, 0.3) is 0 Å². The van der Waals surface area contributed by atoms with E-state index in [0.717, 1.165) is 33.3 Å². The number of ether oxygens (including phenoxy) is 1. The minimum absolute atomic E-state index is 0.209. The van der Waals surface area contributed by atoms with E-state index in [4.69, 9.17) is 4.74 Å². The van der Waals surface area contributed by atoms with E-state index >= 15 is 0 Å². The van der Waals surface area contributed by atoms with E-state index in [1.165, 1.54) is 0 Å². The Morgan fingerprint density at radius 2 is 1.92 bits per heavy atom. The van der Waals surface area contributed by atoms with Crippen molar-refractivity contribution < 1.29 is 9.53 Å². The van der Waals surface area contributed by atoms with Crippen LogP contribution in [0.5, 0.6) is 5.75 Å². The molecule has 0 unspecified atom stereocenters. The van der Waals surface area contributed by atoms with Crippen molar-refractivity contribution in [3.8, 4) is 5.75 Å². The van der Waals surface area contributed by atoms with Crippen LogP contribution < -0.4 is 4.74 Å². The smallest absolute Gasteiger partial charge is 0.169 e. The monoisotopic (exact) mass is 354 g/mol. The quantitative estimate of drug-likeness (QED) is 0.441. The number of imidazole rings is 1. The fourth-order valence-corrected chi connectivity index (χ4v) is 3.44. The van der Waals surface area contributed by atoms with Gasteiger partial charge in [0.2, 0.25) is 0 Å². The van der Waals surface area contributed by atoms with Crippen LogP contribution in [0.2, 0.25) is 0 Å². The Kier molecular flexibility index (Phi) is 5.76. The van der Waals surface area contributed by atoms with E-state index in [0.29, 0.717) is 19.6 Å². The largest absolute Gasteiger partial charge is 0.492 e. The van der Waals surface area contributed by atoms with E-state index < -0.39 is 0 Å². The maximum absolute atomic E-state index is 11.9. The molecule has 3 rings (SSSR count). The number of thioether (sulfide) groups is 1. The van der Waals surface area contributed by atoms with Gasteiger partial charge in [-0.05, 0) is 30.7 Å². The van der Waals surface area contributed by atoms with Gasteiger partial charge in [0.05, 0.1) is 24.2 Å². The van der Waals surface area contributed by atoms with Crippen LogP contribution >= 0.6 is 11.8 Å². The number of hydrogen-bond acceptors (Lipinski definition) is 4. The molecule has 0 saturated heterocycles. The van der Waals surface area contributed by atoms with Crippen LogP contribution in [0.25, 0.3) is 11.0 Å². The highest BCUT2D eigenvalue weighted by molar-refractivity contribution is 7.99. The van der Waals surface area contributed by atoms with Crippen molar-refractivity contribution in [2.45, 2.75) is 32.0 Å². The number of ketones is 1. The number of aromatic nitrogens is 2. The SMILES string of the molecule is CCC(=O)Cn1c(SCCOc2ccccc2C)nc2ccccc21. The van der Waals surface area contributed by atoms with E-state index in [1.54, 1.807) is 11.8 Å². The molecule has 4 nitrogen and oxygen atoms in total. The molecule has 0 spiro atoms. The van der Waals surface area contributed by atoms with Crippen molar-refractivity contribution in [3.63, 3.8) is 0 Å². The Morgan fingerprint density at radius 3 is 2.72 bits per heavy atom. The molecule has 0 bridgehead atoms. The summed E-state index contributed by atoms with van der Waals surface area (Å²) in [6.45, 7) is 4.90. The van der Waals surface area contributed by atoms with Gasteiger partial charge in [0.1, 0.15) is 5.75 Å². The molecule has 5 heteroatoms. The number of carbonyl (C=O) groups is 1. The van der Waals surface area contributed by atoms with Gasteiger partial charge >= 0.3 is 0 Å². The molecule has 0 aliphatic carbocycles. The molecule has 0 saturated carbocycles. The zero-order valence-corrected chi connectivity index (χ0v) is 15.4. The van der Waals surface area contributed by atoms with Gasteiger partial charge in [-0.25, -0.2) is 4.98 Å². The summed E-state index contributed by atoms with van der Waals surface area (Å²) < 4.78 is 7.86. The summed E-state index contributed by atoms with van der Waals surface area (Å²) in [6, 6.07) is 15.9. The maximum atomic E-state index is 11.9. The van der Waals surface area contributed by atoms with Crippen LogP contribution in [-0.2, 0) is 11.3 Å². The summed E-state index contributed by atoms with van der Waals surface area (Å²) in [6.07, 6.45) is 0.535. The lowest BCUT2D eigenvalue weighted by Gasteiger charge is -2.10. The molecule has 130 valence electrons.